The third-order valence-corrected chi connectivity index (χ3v) is 5.72. The zero-order valence-corrected chi connectivity index (χ0v) is 19.1. The Bertz CT molecular complexity index is 1140. The summed E-state index contributed by atoms with van der Waals surface area (Å²) < 4.78 is 11.4. The smallest absolute Gasteiger partial charge is 0.243 e. The molecule has 33 heavy (non-hydrogen) atoms. The van der Waals surface area contributed by atoms with Crippen LogP contribution in [0.2, 0.25) is 0 Å². The van der Waals surface area contributed by atoms with Crippen LogP contribution < -0.4 is 20.1 Å². The average molecular weight is 447 g/mol. The second-order valence-electron chi connectivity index (χ2n) is 8.70. The van der Waals surface area contributed by atoms with Gasteiger partial charge in [-0.3, -0.25) is 9.59 Å². The Morgan fingerprint density at radius 2 is 1.61 bits per heavy atom. The van der Waals surface area contributed by atoms with Gasteiger partial charge in [0.15, 0.2) is 11.5 Å². The van der Waals surface area contributed by atoms with Gasteiger partial charge in [0.1, 0.15) is 6.04 Å². The summed E-state index contributed by atoms with van der Waals surface area (Å²) in [5, 5.41) is 8.09. The monoisotopic (exact) mass is 446 g/mol. The Balaban J connectivity index is 1.35. The number of benzene rings is 3. The van der Waals surface area contributed by atoms with Crippen LogP contribution in [0.25, 0.3) is 10.8 Å². The van der Waals surface area contributed by atoms with Crippen molar-refractivity contribution in [2.24, 2.45) is 5.92 Å². The minimum absolute atomic E-state index is 0.0469. The van der Waals surface area contributed by atoms with E-state index in [1.807, 2.05) is 74.5 Å². The van der Waals surface area contributed by atoms with Crippen molar-refractivity contribution in [3.05, 3.63) is 71.8 Å². The maximum atomic E-state index is 12.9. The van der Waals surface area contributed by atoms with Crippen molar-refractivity contribution >= 4 is 22.6 Å². The first-order chi connectivity index (χ1) is 16.0. The quantitative estimate of drug-likeness (QED) is 0.575. The number of amides is 2. The summed E-state index contributed by atoms with van der Waals surface area (Å²) in [5.74, 6) is 1.000. The molecule has 0 saturated carbocycles. The molecule has 2 N–H and O–H groups in total. The molecule has 0 radical (unpaired) electrons. The minimum Gasteiger partial charge on any atom is -0.490 e. The van der Waals surface area contributed by atoms with Gasteiger partial charge in [-0.2, -0.15) is 0 Å². The van der Waals surface area contributed by atoms with Crippen LogP contribution in [0.4, 0.5) is 0 Å². The molecule has 0 fully saturated rings. The Kier molecular flexibility index (Phi) is 7.13. The van der Waals surface area contributed by atoms with Crippen LogP contribution in [0.5, 0.6) is 11.5 Å². The summed E-state index contributed by atoms with van der Waals surface area (Å²) in [6.45, 7) is 5.45. The number of hydrogen-bond donors (Lipinski definition) is 2. The van der Waals surface area contributed by atoms with E-state index in [1.165, 1.54) is 0 Å². The van der Waals surface area contributed by atoms with Crippen molar-refractivity contribution in [3.8, 4) is 11.5 Å². The van der Waals surface area contributed by atoms with Crippen LogP contribution >= 0.6 is 0 Å². The van der Waals surface area contributed by atoms with Gasteiger partial charge in [0.05, 0.1) is 19.6 Å². The standard InChI is InChI=1S/C27H30N2O4/c1-18(2)26(29-25(30)16-19-8-10-21-6-3-4-7-22(21)14-19)27(31)28-17-20-9-11-23-24(15-20)33-13-5-12-32-23/h3-4,6-11,14-15,18,26H,5,12-13,16-17H2,1-2H3,(H,28,31)(H,29,30). The maximum Gasteiger partial charge on any atom is 0.243 e. The van der Waals surface area contributed by atoms with E-state index in [2.05, 4.69) is 10.6 Å². The van der Waals surface area contributed by atoms with E-state index in [1.54, 1.807) is 0 Å². The molecule has 0 aliphatic carbocycles. The number of nitrogens with one attached hydrogen (secondary N) is 2. The summed E-state index contributed by atoms with van der Waals surface area (Å²) >= 11 is 0. The Labute approximate surface area is 194 Å². The zero-order valence-electron chi connectivity index (χ0n) is 19.1. The molecule has 0 bridgehead atoms. The van der Waals surface area contributed by atoms with Gasteiger partial charge in [0.25, 0.3) is 0 Å². The van der Waals surface area contributed by atoms with Crippen LogP contribution in [-0.2, 0) is 22.6 Å². The molecule has 2 amide bonds. The van der Waals surface area contributed by atoms with Crippen LogP contribution in [0.1, 0.15) is 31.4 Å². The predicted molar refractivity (Wildman–Crippen MR) is 128 cm³/mol. The summed E-state index contributed by atoms with van der Waals surface area (Å²) in [4.78, 5) is 25.6. The summed E-state index contributed by atoms with van der Waals surface area (Å²) in [5.41, 5.74) is 1.83. The first-order valence-corrected chi connectivity index (χ1v) is 11.4. The Morgan fingerprint density at radius 1 is 0.879 bits per heavy atom. The van der Waals surface area contributed by atoms with Gasteiger partial charge in [-0.05, 0) is 39.9 Å². The predicted octanol–water partition coefficient (Wildman–Crippen LogP) is 4.00. The largest absolute Gasteiger partial charge is 0.490 e. The number of fused-ring (bicyclic) bond motifs is 2. The lowest BCUT2D eigenvalue weighted by Crippen LogP contribution is -2.49. The van der Waals surface area contributed by atoms with Gasteiger partial charge in [0, 0.05) is 13.0 Å². The van der Waals surface area contributed by atoms with E-state index < -0.39 is 6.04 Å². The van der Waals surface area contributed by atoms with Crippen LogP contribution in [0, 0.1) is 5.92 Å². The first kappa shape index (κ1) is 22.6. The van der Waals surface area contributed by atoms with Gasteiger partial charge in [-0.1, -0.05) is 62.4 Å². The van der Waals surface area contributed by atoms with E-state index in [0.717, 1.165) is 34.1 Å². The van der Waals surface area contributed by atoms with Crippen molar-refractivity contribution in [2.45, 2.75) is 39.3 Å². The zero-order chi connectivity index (χ0) is 23.2. The van der Waals surface area contributed by atoms with Crippen molar-refractivity contribution in [3.63, 3.8) is 0 Å². The number of hydrogen-bond acceptors (Lipinski definition) is 4. The lowest BCUT2D eigenvalue weighted by Gasteiger charge is -2.22. The molecule has 1 unspecified atom stereocenters. The van der Waals surface area contributed by atoms with Crippen molar-refractivity contribution in [1.82, 2.24) is 10.6 Å². The fourth-order valence-electron chi connectivity index (χ4n) is 3.91. The van der Waals surface area contributed by atoms with E-state index >= 15 is 0 Å². The summed E-state index contributed by atoms with van der Waals surface area (Å²) in [7, 11) is 0. The highest BCUT2D eigenvalue weighted by atomic mass is 16.5. The third kappa shape index (κ3) is 5.83. The number of carbonyl (C=O) groups excluding carboxylic acids is 2. The highest BCUT2D eigenvalue weighted by Crippen LogP contribution is 2.30. The van der Waals surface area contributed by atoms with E-state index in [4.69, 9.17) is 9.47 Å². The molecule has 1 heterocycles. The van der Waals surface area contributed by atoms with E-state index in [9.17, 15) is 9.59 Å². The maximum absolute atomic E-state index is 12.9. The van der Waals surface area contributed by atoms with E-state index in [-0.39, 0.29) is 24.2 Å². The lowest BCUT2D eigenvalue weighted by molar-refractivity contribution is -0.129. The molecule has 0 spiro atoms. The van der Waals surface area contributed by atoms with Crippen LogP contribution in [-0.4, -0.2) is 31.1 Å². The molecule has 4 rings (SSSR count). The normalized spacial score (nSPS) is 13.9. The fourth-order valence-corrected chi connectivity index (χ4v) is 3.91. The van der Waals surface area contributed by atoms with Gasteiger partial charge in [-0.15, -0.1) is 0 Å². The molecular formula is C27H30N2O4. The second kappa shape index (κ2) is 10.4. The lowest BCUT2D eigenvalue weighted by atomic mass is 10.0. The third-order valence-electron chi connectivity index (χ3n) is 5.72. The molecule has 1 aliphatic heterocycles. The van der Waals surface area contributed by atoms with Crippen molar-refractivity contribution in [2.75, 3.05) is 13.2 Å². The molecule has 0 saturated heterocycles. The van der Waals surface area contributed by atoms with Crippen molar-refractivity contribution in [1.29, 1.82) is 0 Å². The molecule has 6 heteroatoms. The number of rotatable bonds is 7. The minimum atomic E-state index is -0.613. The number of carbonyl (C=O) groups is 2. The van der Waals surface area contributed by atoms with Gasteiger partial charge in [0.2, 0.25) is 11.8 Å². The average Bonchev–Trinajstić information content (AvgIpc) is 3.06. The molecule has 3 aromatic carbocycles. The first-order valence-electron chi connectivity index (χ1n) is 11.4. The summed E-state index contributed by atoms with van der Waals surface area (Å²) in [6.07, 6.45) is 1.07. The molecular weight excluding hydrogens is 416 g/mol. The molecule has 3 aromatic rings. The molecule has 6 nitrogen and oxygen atoms in total. The van der Waals surface area contributed by atoms with Crippen LogP contribution in [0.3, 0.4) is 0 Å². The van der Waals surface area contributed by atoms with Gasteiger partial charge in [-0.25, -0.2) is 0 Å². The highest BCUT2D eigenvalue weighted by molar-refractivity contribution is 5.89. The SMILES string of the molecule is CC(C)C(NC(=O)Cc1ccc2ccccc2c1)C(=O)NCc1ccc2c(c1)OCCCO2. The van der Waals surface area contributed by atoms with Gasteiger partial charge >= 0.3 is 0 Å². The second-order valence-corrected chi connectivity index (χ2v) is 8.70. The topological polar surface area (TPSA) is 76.7 Å². The molecule has 1 atom stereocenters. The van der Waals surface area contributed by atoms with Crippen molar-refractivity contribution < 1.29 is 19.1 Å². The summed E-state index contributed by atoms with van der Waals surface area (Å²) in [6, 6.07) is 19.1. The van der Waals surface area contributed by atoms with Crippen LogP contribution in [0.15, 0.2) is 60.7 Å². The van der Waals surface area contributed by atoms with E-state index in [0.29, 0.717) is 25.5 Å². The molecule has 172 valence electrons. The van der Waals surface area contributed by atoms with Gasteiger partial charge < -0.3 is 20.1 Å². The highest BCUT2D eigenvalue weighted by Gasteiger charge is 2.24. The number of ether oxygens (including phenoxy) is 2. The fraction of sp³-hybridized carbons (Fsp3) is 0.333. The Morgan fingerprint density at radius 3 is 2.39 bits per heavy atom. The Hall–Kier alpha value is -3.54. The molecule has 0 aromatic heterocycles. The molecule has 1 aliphatic rings.